The quantitative estimate of drug-likeness (QED) is 0.313. The van der Waals surface area contributed by atoms with E-state index in [4.69, 9.17) is 23.2 Å². The zero-order valence-electron chi connectivity index (χ0n) is 22.3. The van der Waals surface area contributed by atoms with Gasteiger partial charge < -0.3 is 15.5 Å². The first-order valence-corrected chi connectivity index (χ1v) is 16.7. The highest BCUT2D eigenvalue weighted by atomic mass is 35.5. The molecule has 0 saturated carbocycles. The number of carbonyl (C=O) groups is 1. The average molecular weight is 637 g/mol. The molecule has 2 fully saturated rings. The van der Waals surface area contributed by atoms with Crippen LogP contribution < -0.4 is 9.62 Å². The fraction of sp³-hybridized carbons (Fsp3) is 0.345. The highest BCUT2D eigenvalue weighted by Crippen LogP contribution is 2.37. The molecule has 12 heteroatoms. The van der Waals surface area contributed by atoms with Gasteiger partial charge in [0.2, 0.25) is 15.1 Å². The summed E-state index contributed by atoms with van der Waals surface area (Å²) < 4.78 is 27.5. The largest absolute Gasteiger partial charge is 0.357 e. The first kappa shape index (κ1) is 30.2. The smallest absolute Gasteiger partial charge is 0.251 e. The number of aliphatic hydroxyl groups is 2. The second-order valence-corrected chi connectivity index (χ2v) is 14.6. The minimum atomic E-state index is -3.68. The predicted octanol–water partition coefficient (Wildman–Crippen LogP) is 4.50. The molecular weight excluding hydrogens is 605 g/mol. The molecule has 0 aliphatic carbocycles. The summed E-state index contributed by atoms with van der Waals surface area (Å²) in [5.41, 5.74) is 2.75. The molecule has 2 saturated heterocycles. The Balaban J connectivity index is 1.36. The monoisotopic (exact) mass is 635 g/mol. The summed E-state index contributed by atoms with van der Waals surface area (Å²) in [7, 11) is -3.68. The van der Waals surface area contributed by atoms with Gasteiger partial charge >= 0.3 is 0 Å². The van der Waals surface area contributed by atoms with Gasteiger partial charge in [-0.2, -0.15) is 0 Å². The second-order valence-electron chi connectivity index (χ2n) is 10.5. The van der Waals surface area contributed by atoms with Gasteiger partial charge in [0.05, 0.1) is 24.0 Å². The normalized spacial score (nSPS) is 19.5. The highest BCUT2D eigenvalue weighted by molar-refractivity contribution is 8.00. The van der Waals surface area contributed by atoms with Crippen LogP contribution in [-0.4, -0.2) is 71.7 Å². The number of sulfonamides is 1. The molecule has 2 aliphatic rings. The van der Waals surface area contributed by atoms with Gasteiger partial charge in [-0.3, -0.25) is 14.0 Å². The number of nitrogens with one attached hydrogen (secondary N) is 1. The molecule has 0 spiro atoms. The molecule has 2 heterocycles. The van der Waals surface area contributed by atoms with Crippen LogP contribution in [0.15, 0.2) is 72.8 Å². The number of likely N-dealkylation sites (tertiary alicyclic amines) is 1. The minimum Gasteiger partial charge on any atom is -0.357 e. The Morgan fingerprint density at radius 1 is 1.02 bits per heavy atom. The molecule has 0 aromatic heterocycles. The molecule has 1 unspecified atom stereocenters. The Kier molecular flexibility index (Phi) is 8.92. The van der Waals surface area contributed by atoms with Gasteiger partial charge in [0.1, 0.15) is 0 Å². The molecular formula is C29H31Cl2N3O5S2. The number of rotatable bonds is 8. The van der Waals surface area contributed by atoms with Crippen LogP contribution in [0.25, 0.3) is 0 Å². The van der Waals surface area contributed by atoms with Crippen LogP contribution >= 0.6 is 35.0 Å². The zero-order chi connectivity index (χ0) is 29.4. The molecule has 5 rings (SSSR count). The molecule has 0 radical (unpaired) electrons. The molecule has 218 valence electrons. The standard InChI is InChI=1S/C29H31Cl2N3O5S2/c1-41(38,39)34(25-4-2-3-21(15-25)28(35)32-24-13-14-40-29(36,37)16-24)26-17-33(18-26)27(19-5-9-22(30)10-6-19)20-7-11-23(31)12-8-20/h2-12,15,24,26-27,36-37H,13-14,16-18H2,1H3,(H,32,35). The number of carbonyl (C=O) groups excluding carboxylic acids is 1. The molecule has 0 bridgehead atoms. The Morgan fingerprint density at radius 2 is 1.61 bits per heavy atom. The van der Waals surface area contributed by atoms with Gasteiger partial charge in [0, 0.05) is 46.9 Å². The van der Waals surface area contributed by atoms with Crippen molar-refractivity contribution in [3.8, 4) is 0 Å². The van der Waals surface area contributed by atoms with Crippen molar-refractivity contribution in [3.05, 3.63) is 99.5 Å². The minimum absolute atomic E-state index is 0.0128. The van der Waals surface area contributed by atoms with Crippen LogP contribution in [0.2, 0.25) is 10.0 Å². The molecule has 3 aromatic rings. The molecule has 1 atom stereocenters. The molecule has 3 aromatic carbocycles. The van der Waals surface area contributed by atoms with Gasteiger partial charge in [0.15, 0.2) is 0 Å². The van der Waals surface area contributed by atoms with E-state index in [2.05, 4.69) is 10.2 Å². The maximum absolute atomic E-state index is 13.0. The van der Waals surface area contributed by atoms with Crippen LogP contribution in [-0.2, 0) is 10.0 Å². The number of benzene rings is 3. The van der Waals surface area contributed by atoms with E-state index in [0.29, 0.717) is 46.6 Å². The van der Waals surface area contributed by atoms with Crippen LogP contribution in [0.5, 0.6) is 0 Å². The summed E-state index contributed by atoms with van der Waals surface area (Å²) in [6.45, 7) is 0.933. The molecule has 41 heavy (non-hydrogen) atoms. The lowest BCUT2D eigenvalue weighted by atomic mass is 9.93. The lowest BCUT2D eigenvalue weighted by Crippen LogP contribution is -2.61. The SMILES string of the molecule is CS(=O)(=O)N(c1cccc(C(=O)NC2CCSC(O)(O)C2)c1)C1CN(C(c2ccc(Cl)cc2)c2ccc(Cl)cc2)C1. The molecule has 2 aliphatic heterocycles. The Labute approximate surface area is 254 Å². The average Bonchev–Trinajstić information content (AvgIpc) is 2.88. The summed E-state index contributed by atoms with van der Waals surface area (Å²) in [6, 6.07) is 20.9. The number of nitrogens with zero attached hydrogens (tertiary/aromatic N) is 2. The third-order valence-electron chi connectivity index (χ3n) is 7.33. The topological polar surface area (TPSA) is 110 Å². The van der Waals surface area contributed by atoms with Gasteiger partial charge in [-0.15, -0.1) is 0 Å². The third-order valence-corrected chi connectivity index (χ3v) is 10.1. The Bertz CT molecular complexity index is 1450. The summed E-state index contributed by atoms with van der Waals surface area (Å²) in [5.74, 6) is 0.110. The van der Waals surface area contributed by atoms with E-state index in [1.807, 2.05) is 48.5 Å². The molecule has 8 nitrogen and oxygen atoms in total. The Morgan fingerprint density at radius 3 is 2.15 bits per heavy atom. The van der Waals surface area contributed by atoms with E-state index in [9.17, 15) is 23.4 Å². The van der Waals surface area contributed by atoms with Crippen LogP contribution in [0.1, 0.15) is 40.4 Å². The van der Waals surface area contributed by atoms with Gasteiger partial charge in [0.25, 0.3) is 5.91 Å². The first-order valence-electron chi connectivity index (χ1n) is 13.1. The third kappa shape index (κ3) is 7.19. The number of anilines is 1. The van der Waals surface area contributed by atoms with Crippen LogP contribution in [0, 0.1) is 0 Å². The lowest BCUT2D eigenvalue weighted by Gasteiger charge is -2.48. The van der Waals surface area contributed by atoms with Crippen LogP contribution in [0.3, 0.4) is 0 Å². The van der Waals surface area contributed by atoms with Crippen molar-refractivity contribution in [2.45, 2.75) is 36.1 Å². The number of hydrogen-bond donors (Lipinski definition) is 3. The summed E-state index contributed by atoms with van der Waals surface area (Å²) >= 11 is 13.3. The van der Waals surface area contributed by atoms with Crippen molar-refractivity contribution >= 4 is 56.6 Å². The summed E-state index contributed by atoms with van der Waals surface area (Å²) in [6.07, 6.45) is 1.79. The fourth-order valence-electron chi connectivity index (χ4n) is 5.45. The van der Waals surface area contributed by atoms with Crippen molar-refractivity contribution in [3.63, 3.8) is 0 Å². The summed E-state index contributed by atoms with van der Waals surface area (Å²) in [5, 5.41) is 22.1. The van der Waals surface area contributed by atoms with Crippen molar-refractivity contribution in [2.75, 3.05) is 29.4 Å². The van der Waals surface area contributed by atoms with E-state index >= 15 is 0 Å². The van der Waals surface area contributed by atoms with Gasteiger partial charge in [-0.05, 0) is 60.0 Å². The highest BCUT2D eigenvalue weighted by Gasteiger charge is 2.41. The van der Waals surface area contributed by atoms with Gasteiger partial charge in [-0.1, -0.05) is 65.3 Å². The number of halogens is 2. The van der Waals surface area contributed by atoms with Crippen molar-refractivity contribution in [2.24, 2.45) is 0 Å². The van der Waals surface area contributed by atoms with Crippen molar-refractivity contribution in [1.29, 1.82) is 0 Å². The number of amides is 1. The second kappa shape index (κ2) is 12.1. The summed E-state index contributed by atoms with van der Waals surface area (Å²) in [4.78, 5) is 15.2. The number of hydrogen-bond acceptors (Lipinski definition) is 7. The van der Waals surface area contributed by atoms with E-state index in [1.54, 1.807) is 24.3 Å². The fourth-order valence-corrected chi connectivity index (χ4v) is 7.92. The van der Waals surface area contributed by atoms with Gasteiger partial charge in [-0.25, -0.2) is 8.42 Å². The Hall–Kier alpha value is -2.31. The van der Waals surface area contributed by atoms with E-state index in [-0.39, 0.29) is 18.5 Å². The molecule has 1 amide bonds. The lowest BCUT2D eigenvalue weighted by molar-refractivity contribution is -0.0894. The zero-order valence-corrected chi connectivity index (χ0v) is 25.4. The maximum atomic E-state index is 13.0. The van der Waals surface area contributed by atoms with Crippen molar-refractivity contribution in [1.82, 2.24) is 10.2 Å². The van der Waals surface area contributed by atoms with E-state index in [1.165, 1.54) is 10.6 Å². The number of thioether (sulfide) groups is 1. The first-order chi connectivity index (χ1) is 19.4. The van der Waals surface area contributed by atoms with Crippen LogP contribution in [0.4, 0.5) is 5.69 Å². The van der Waals surface area contributed by atoms with E-state index in [0.717, 1.165) is 22.9 Å². The maximum Gasteiger partial charge on any atom is 0.251 e. The predicted molar refractivity (Wildman–Crippen MR) is 164 cm³/mol. The molecule has 3 N–H and O–H groups in total. The van der Waals surface area contributed by atoms with E-state index < -0.39 is 27.1 Å². The van der Waals surface area contributed by atoms with Crippen molar-refractivity contribution < 1.29 is 23.4 Å².